The zero-order valence-corrected chi connectivity index (χ0v) is 16.3. The number of barbiturate groups is 1. The molecule has 1 N–H and O–H groups in total. The fourth-order valence-electron chi connectivity index (χ4n) is 3.87. The van der Waals surface area contributed by atoms with Gasteiger partial charge in [-0.05, 0) is 37.1 Å². The molecule has 0 radical (unpaired) electrons. The Morgan fingerprint density at radius 3 is 2.60 bits per heavy atom. The third kappa shape index (κ3) is 3.52. The summed E-state index contributed by atoms with van der Waals surface area (Å²) in [6.45, 7) is 0. The van der Waals surface area contributed by atoms with Crippen molar-refractivity contribution in [3.63, 3.8) is 0 Å². The summed E-state index contributed by atoms with van der Waals surface area (Å²) >= 11 is 0. The van der Waals surface area contributed by atoms with Crippen molar-refractivity contribution in [1.29, 1.82) is 0 Å². The van der Waals surface area contributed by atoms with Gasteiger partial charge in [0.05, 0.1) is 12.7 Å². The van der Waals surface area contributed by atoms with Gasteiger partial charge in [-0.2, -0.15) is 0 Å². The Labute approximate surface area is 172 Å². The molecule has 1 aliphatic carbocycles. The van der Waals surface area contributed by atoms with Crippen LogP contribution in [0.2, 0.25) is 0 Å². The number of rotatable bonds is 4. The molecule has 4 rings (SSSR count). The minimum absolute atomic E-state index is 0.163. The van der Waals surface area contributed by atoms with Crippen LogP contribution in [0.4, 0.5) is 4.79 Å². The number of carbonyl (C=O) groups excluding carboxylic acids is 4. The molecular formula is C22H20N2O6. The van der Waals surface area contributed by atoms with E-state index in [4.69, 9.17) is 9.15 Å². The highest BCUT2D eigenvalue weighted by molar-refractivity contribution is 6.31. The number of methoxy groups -OCH3 is 1. The molecule has 2 aromatic rings. The number of hydrogen-bond acceptors (Lipinski definition) is 6. The molecule has 8 nitrogen and oxygen atoms in total. The van der Waals surface area contributed by atoms with Gasteiger partial charge in [0.1, 0.15) is 17.1 Å². The Bertz CT molecular complexity index is 1060. The number of furan rings is 1. The van der Waals surface area contributed by atoms with E-state index in [0.29, 0.717) is 16.9 Å². The molecule has 2 heterocycles. The van der Waals surface area contributed by atoms with Crippen LogP contribution in [0.15, 0.2) is 46.4 Å². The Hall–Kier alpha value is -3.68. The van der Waals surface area contributed by atoms with Crippen LogP contribution in [0.1, 0.15) is 41.8 Å². The zero-order chi connectivity index (χ0) is 21.3. The molecule has 8 heteroatoms. The summed E-state index contributed by atoms with van der Waals surface area (Å²) in [5, 5.41) is 2.23. The van der Waals surface area contributed by atoms with Gasteiger partial charge in [0.2, 0.25) is 0 Å². The van der Waals surface area contributed by atoms with E-state index >= 15 is 0 Å². The third-order valence-corrected chi connectivity index (χ3v) is 5.33. The van der Waals surface area contributed by atoms with Gasteiger partial charge in [0, 0.05) is 11.6 Å². The molecule has 0 atom stereocenters. The fraction of sp³-hybridized carbons (Fsp3) is 0.273. The number of nitrogens with one attached hydrogen (secondary N) is 1. The first-order chi connectivity index (χ1) is 14.5. The number of nitrogens with zero attached hydrogens (tertiary/aromatic N) is 1. The smallest absolute Gasteiger partial charge is 0.338 e. The van der Waals surface area contributed by atoms with Crippen molar-refractivity contribution in [3.8, 4) is 11.3 Å². The van der Waals surface area contributed by atoms with Gasteiger partial charge in [-0.25, -0.2) is 9.59 Å². The summed E-state index contributed by atoms with van der Waals surface area (Å²) in [6.07, 6.45) is 4.66. The van der Waals surface area contributed by atoms with Crippen molar-refractivity contribution in [1.82, 2.24) is 10.2 Å². The Kier molecular flexibility index (Phi) is 5.22. The molecule has 4 amide bonds. The number of carbonyl (C=O) groups is 4. The molecule has 0 unspecified atom stereocenters. The number of benzene rings is 1. The maximum atomic E-state index is 12.9. The Morgan fingerprint density at radius 1 is 1.13 bits per heavy atom. The fourth-order valence-corrected chi connectivity index (χ4v) is 3.87. The number of esters is 1. The maximum absolute atomic E-state index is 12.9. The van der Waals surface area contributed by atoms with Gasteiger partial charge >= 0.3 is 12.0 Å². The minimum atomic E-state index is -0.757. The van der Waals surface area contributed by atoms with E-state index in [1.165, 1.54) is 13.2 Å². The molecule has 2 aliphatic rings. The normalized spacial score (nSPS) is 18.8. The molecule has 30 heavy (non-hydrogen) atoms. The van der Waals surface area contributed by atoms with E-state index in [2.05, 4.69) is 5.32 Å². The molecular weight excluding hydrogens is 388 g/mol. The van der Waals surface area contributed by atoms with Gasteiger partial charge < -0.3 is 9.15 Å². The second-order valence-corrected chi connectivity index (χ2v) is 7.17. The van der Waals surface area contributed by atoms with Gasteiger partial charge in [-0.3, -0.25) is 19.8 Å². The van der Waals surface area contributed by atoms with Crippen LogP contribution >= 0.6 is 0 Å². The van der Waals surface area contributed by atoms with Crippen LogP contribution in [0.25, 0.3) is 17.4 Å². The first-order valence-electron chi connectivity index (χ1n) is 9.67. The number of urea groups is 1. The van der Waals surface area contributed by atoms with Gasteiger partial charge in [-0.1, -0.05) is 31.0 Å². The van der Waals surface area contributed by atoms with E-state index in [1.807, 2.05) is 0 Å². The predicted molar refractivity (Wildman–Crippen MR) is 106 cm³/mol. The summed E-state index contributed by atoms with van der Waals surface area (Å²) in [7, 11) is 1.29. The molecule has 1 saturated heterocycles. The van der Waals surface area contributed by atoms with E-state index in [0.717, 1.165) is 30.6 Å². The maximum Gasteiger partial charge on any atom is 0.338 e. The monoisotopic (exact) mass is 408 g/mol. The summed E-state index contributed by atoms with van der Waals surface area (Å²) in [4.78, 5) is 50.5. The average molecular weight is 408 g/mol. The first kappa shape index (κ1) is 19.6. The summed E-state index contributed by atoms with van der Waals surface area (Å²) in [5.74, 6) is -1.25. The minimum Gasteiger partial charge on any atom is -0.465 e. The van der Waals surface area contributed by atoms with Crippen LogP contribution < -0.4 is 5.32 Å². The van der Waals surface area contributed by atoms with Crippen LogP contribution in [0.3, 0.4) is 0 Å². The van der Waals surface area contributed by atoms with E-state index in [-0.39, 0.29) is 17.4 Å². The van der Waals surface area contributed by atoms with Crippen molar-refractivity contribution in [2.75, 3.05) is 7.11 Å². The van der Waals surface area contributed by atoms with Crippen molar-refractivity contribution in [2.24, 2.45) is 0 Å². The first-order valence-corrected chi connectivity index (χ1v) is 9.67. The SMILES string of the molecule is COC(=O)c1ccccc1-c1ccc(/C=C2\C(=O)NC(=O)N(C3CCCC3)C2=O)o1. The molecule has 154 valence electrons. The second kappa shape index (κ2) is 7.98. The van der Waals surface area contributed by atoms with E-state index in [1.54, 1.807) is 36.4 Å². The number of imide groups is 2. The summed E-state index contributed by atoms with van der Waals surface area (Å²) in [5.41, 5.74) is 0.692. The lowest BCUT2D eigenvalue weighted by atomic mass is 10.1. The van der Waals surface area contributed by atoms with E-state index < -0.39 is 23.8 Å². The second-order valence-electron chi connectivity index (χ2n) is 7.17. The molecule has 2 fully saturated rings. The number of hydrogen-bond donors (Lipinski definition) is 1. The van der Waals surface area contributed by atoms with Crippen molar-refractivity contribution in [3.05, 3.63) is 53.3 Å². The van der Waals surface area contributed by atoms with E-state index in [9.17, 15) is 19.2 Å². The number of amides is 4. The molecule has 1 aromatic heterocycles. The quantitative estimate of drug-likeness (QED) is 0.473. The zero-order valence-electron chi connectivity index (χ0n) is 16.3. The molecule has 0 spiro atoms. The lowest BCUT2D eigenvalue weighted by Crippen LogP contribution is -2.57. The average Bonchev–Trinajstić information content (AvgIpc) is 3.43. The van der Waals surface area contributed by atoms with Crippen LogP contribution in [0, 0.1) is 0 Å². The van der Waals surface area contributed by atoms with Gasteiger partial charge in [0.25, 0.3) is 11.8 Å². The Balaban J connectivity index is 1.65. The largest absolute Gasteiger partial charge is 0.465 e. The van der Waals surface area contributed by atoms with Crippen molar-refractivity contribution in [2.45, 2.75) is 31.7 Å². The highest BCUT2D eigenvalue weighted by atomic mass is 16.5. The Morgan fingerprint density at radius 2 is 1.87 bits per heavy atom. The van der Waals surface area contributed by atoms with Crippen molar-refractivity contribution >= 4 is 29.9 Å². The molecule has 1 saturated carbocycles. The van der Waals surface area contributed by atoms with Crippen LogP contribution in [-0.2, 0) is 14.3 Å². The lowest BCUT2D eigenvalue weighted by molar-refractivity contribution is -0.131. The molecule has 0 bridgehead atoms. The number of ether oxygens (including phenoxy) is 1. The van der Waals surface area contributed by atoms with Crippen LogP contribution in [0.5, 0.6) is 0 Å². The summed E-state index contributed by atoms with van der Waals surface area (Å²) in [6, 6.07) is 9.14. The third-order valence-electron chi connectivity index (χ3n) is 5.33. The van der Waals surface area contributed by atoms with Gasteiger partial charge in [0.15, 0.2) is 0 Å². The molecule has 1 aliphatic heterocycles. The highest BCUT2D eigenvalue weighted by Crippen LogP contribution is 2.29. The standard InChI is InChI=1S/C22H20N2O6/c1-29-21(27)16-9-5-4-8-15(16)18-11-10-14(30-18)12-17-19(25)23-22(28)24(20(17)26)13-6-2-3-7-13/h4-5,8-13H,2-3,6-7H2,1H3,(H,23,25,28)/b17-12+. The highest BCUT2D eigenvalue weighted by Gasteiger charge is 2.40. The predicted octanol–water partition coefficient (Wildman–Crippen LogP) is 3.14. The van der Waals surface area contributed by atoms with Gasteiger partial charge in [-0.15, -0.1) is 0 Å². The lowest BCUT2D eigenvalue weighted by Gasteiger charge is -2.30. The van der Waals surface area contributed by atoms with Crippen LogP contribution in [-0.4, -0.2) is 41.9 Å². The topological polar surface area (TPSA) is 106 Å². The van der Waals surface area contributed by atoms with Crippen molar-refractivity contribution < 1.29 is 28.3 Å². The molecule has 1 aromatic carbocycles. The summed E-state index contributed by atoms with van der Waals surface area (Å²) < 4.78 is 10.6.